The lowest BCUT2D eigenvalue weighted by atomic mass is 9.92. The predicted octanol–water partition coefficient (Wildman–Crippen LogP) is 4.74. The Kier molecular flexibility index (Phi) is 4.80. The van der Waals surface area contributed by atoms with Crippen molar-refractivity contribution in [2.75, 3.05) is 18.2 Å². The highest BCUT2D eigenvalue weighted by Crippen LogP contribution is 2.43. The van der Waals surface area contributed by atoms with E-state index in [1.54, 1.807) is 7.11 Å². The highest BCUT2D eigenvalue weighted by molar-refractivity contribution is 9.09. The molecule has 3 heteroatoms. The van der Waals surface area contributed by atoms with Gasteiger partial charge in [-0.15, -0.1) is 11.8 Å². The maximum Gasteiger partial charge on any atom is 0.119 e. The van der Waals surface area contributed by atoms with Crippen molar-refractivity contribution in [3.63, 3.8) is 0 Å². The molecule has 0 aromatic heterocycles. The Hall–Kier alpha value is -0.150. The van der Waals surface area contributed by atoms with Gasteiger partial charge >= 0.3 is 0 Å². The van der Waals surface area contributed by atoms with Crippen molar-refractivity contribution in [2.24, 2.45) is 5.41 Å². The number of hydrogen-bond acceptors (Lipinski definition) is 2. The molecule has 0 unspecified atom stereocenters. The van der Waals surface area contributed by atoms with Crippen LogP contribution in [0.3, 0.4) is 0 Å². The number of hydrogen-bond donors (Lipinski definition) is 0. The van der Waals surface area contributed by atoms with Gasteiger partial charge in [-0.1, -0.05) is 34.8 Å². The van der Waals surface area contributed by atoms with Gasteiger partial charge in [-0.2, -0.15) is 0 Å². The van der Waals surface area contributed by atoms with Gasteiger partial charge in [-0.3, -0.25) is 0 Å². The minimum absolute atomic E-state index is 0.522. The number of methoxy groups -OCH3 is 1. The van der Waals surface area contributed by atoms with Crippen LogP contribution >= 0.6 is 27.7 Å². The van der Waals surface area contributed by atoms with Gasteiger partial charge in [0.25, 0.3) is 0 Å². The lowest BCUT2D eigenvalue weighted by Crippen LogP contribution is -2.21. The minimum Gasteiger partial charge on any atom is -0.497 e. The molecule has 1 aliphatic rings. The SMILES string of the molecule is COc1cccc(SCC2(CBr)CCCC2)c1. The molecule has 17 heavy (non-hydrogen) atoms. The highest BCUT2D eigenvalue weighted by atomic mass is 79.9. The molecule has 1 aliphatic carbocycles. The van der Waals surface area contributed by atoms with Crippen LogP contribution < -0.4 is 4.74 Å². The zero-order valence-electron chi connectivity index (χ0n) is 10.2. The summed E-state index contributed by atoms with van der Waals surface area (Å²) >= 11 is 5.66. The van der Waals surface area contributed by atoms with E-state index in [4.69, 9.17) is 4.74 Å². The standard InChI is InChI=1S/C14H19BrOS/c1-16-12-5-4-6-13(9-12)17-11-14(10-15)7-2-3-8-14/h4-6,9H,2-3,7-8,10-11H2,1H3. The monoisotopic (exact) mass is 314 g/mol. The number of rotatable bonds is 5. The lowest BCUT2D eigenvalue weighted by Gasteiger charge is -2.25. The van der Waals surface area contributed by atoms with E-state index >= 15 is 0 Å². The third-order valence-electron chi connectivity index (χ3n) is 3.53. The number of alkyl halides is 1. The third-order valence-corrected chi connectivity index (χ3v) is 6.07. The molecule has 1 aromatic rings. The van der Waals surface area contributed by atoms with Crippen molar-refractivity contribution < 1.29 is 4.74 Å². The van der Waals surface area contributed by atoms with E-state index in [1.165, 1.54) is 36.3 Å². The normalized spacial score (nSPS) is 18.2. The molecular weight excluding hydrogens is 296 g/mol. The molecule has 0 atom stereocenters. The van der Waals surface area contributed by atoms with Crippen molar-refractivity contribution in [3.8, 4) is 5.75 Å². The number of ether oxygens (including phenoxy) is 1. The van der Waals surface area contributed by atoms with Crippen LogP contribution in [0, 0.1) is 5.41 Å². The van der Waals surface area contributed by atoms with E-state index in [-0.39, 0.29) is 0 Å². The Morgan fingerprint density at radius 3 is 2.76 bits per heavy atom. The summed E-state index contributed by atoms with van der Waals surface area (Å²) in [4.78, 5) is 1.32. The summed E-state index contributed by atoms with van der Waals surface area (Å²) in [7, 11) is 1.72. The second-order valence-corrected chi connectivity index (χ2v) is 6.42. The van der Waals surface area contributed by atoms with Gasteiger partial charge in [0.05, 0.1) is 7.11 Å². The summed E-state index contributed by atoms with van der Waals surface area (Å²) in [5.74, 6) is 2.17. The molecule has 0 radical (unpaired) electrons. The van der Waals surface area contributed by atoms with Gasteiger partial charge in [0.1, 0.15) is 5.75 Å². The second-order valence-electron chi connectivity index (χ2n) is 4.81. The van der Waals surface area contributed by atoms with Gasteiger partial charge in [0.2, 0.25) is 0 Å². The quantitative estimate of drug-likeness (QED) is 0.573. The maximum atomic E-state index is 5.26. The Morgan fingerprint density at radius 2 is 2.12 bits per heavy atom. The Balaban J connectivity index is 1.96. The maximum absolute atomic E-state index is 5.26. The molecule has 1 fully saturated rings. The molecule has 0 spiro atoms. The molecule has 1 saturated carbocycles. The molecule has 0 heterocycles. The van der Waals surface area contributed by atoms with Gasteiger partial charge in [-0.05, 0) is 36.5 Å². The topological polar surface area (TPSA) is 9.23 Å². The molecule has 1 aromatic carbocycles. The van der Waals surface area contributed by atoms with E-state index in [2.05, 4.69) is 34.1 Å². The van der Waals surface area contributed by atoms with E-state index in [9.17, 15) is 0 Å². The van der Waals surface area contributed by atoms with Crippen LogP contribution in [0.15, 0.2) is 29.2 Å². The number of thioether (sulfide) groups is 1. The van der Waals surface area contributed by atoms with Crippen molar-refractivity contribution >= 4 is 27.7 Å². The molecule has 0 saturated heterocycles. The van der Waals surface area contributed by atoms with E-state index in [0.717, 1.165) is 11.1 Å². The van der Waals surface area contributed by atoms with Crippen LogP contribution in [0.1, 0.15) is 25.7 Å². The first-order valence-electron chi connectivity index (χ1n) is 6.11. The van der Waals surface area contributed by atoms with Crippen LogP contribution in [0.25, 0.3) is 0 Å². The lowest BCUT2D eigenvalue weighted by molar-refractivity contribution is 0.405. The second kappa shape index (κ2) is 6.14. The number of halogens is 1. The molecule has 94 valence electrons. The molecule has 1 nitrogen and oxygen atoms in total. The number of benzene rings is 1. The zero-order chi connectivity index (χ0) is 12.1. The van der Waals surface area contributed by atoms with Crippen LogP contribution in [0.2, 0.25) is 0 Å². The van der Waals surface area contributed by atoms with E-state index < -0.39 is 0 Å². The summed E-state index contributed by atoms with van der Waals surface area (Å²) in [5, 5.41) is 1.14. The predicted molar refractivity (Wildman–Crippen MR) is 78.4 cm³/mol. The summed E-state index contributed by atoms with van der Waals surface area (Å²) in [6.45, 7) is 0. The first-order chi connectivity index (χ1) is 8.28. The average Bonchev–Trinajstić information content (AvgIpc) is 2.86. The summed E-state index contributed by atoms with van der Waals surface area (Å²) in [5.41, 5.74) is 0.522. The fraction of sp³-hybridized carbons (Fsp3) is 0.571. The third kappa shape index (κ3) is 3.41. The molecular formula is C14H19BrOS. The fourth-order valence-electron chi connectivity index (χ4n) is 2.37. The molecule has 0 amide bonds. The van der Waals surface area contributed by atoms with Crippen LogP contribution in [0.5, 0.6) is 5.75 Å². The summed E-state index contributed by atoms with van der Waals surface area (Å²) in [6.07, 6.45) is 5.53. The van der Waals surface area contributed by atoms with E-state index in [0.29, 0.717) is 5.41 Å². The van der Waals surface area contributed by atoms with Gasteiger partial charge in [0.15, 0.2) is 0 Å². The van der Waals surface area contributed by atoms with E-state index in [1.807, 2.05) is 17.8 Å². The largest absolute Gasteiger partial charge is 0.497 e. The van der Waals surface area contributed by atoms with Crippen LogP contribution in [-0.4, -0.2) is 18.2 Å². The smallest absolute Gasteiger partial charge is 0.119 e. The van der Waals surface area contributed by atoms with Crippen molar-refractivity contribution in [1.29, 1.82) is 0 Å². The molecule has 0 aliphatic heterocycles. The average molecular weight is 315 g/mol. The fourth-order valence-corrected chi connectivity index (χ4v) is 4.63. The Labute approximate surface area is 116 Å². The van der Waals surface area contributed by atoms with Crippen molar-refractivity contribution in [3.05, 3.63) is 24.3 Å². The zero-order valence-corrected chi connectivity index (χ0v) is 12.6. The molecule has 0 N–H and O–H groups in total. The Bertz CT molecular complexity index is 361. The first-order valence-corrected chi connectivity index (χ1v) is 8.22. The van der Waals surface area contributed by atoms with Gasteiger partial charge < -0.3 is 4.74 Å². The molecule has 0 bridgehead atoms. The minimum atomic E-state index is 0.522. The summed E-state index contributed by atoms with van der Waals surface area (Å²) < 4.78 is 5.26. The van der Waals surface area contributed by atoms with Crippen LogP contribution in [-0.2, 0) is 0 Å². The van der Waals surface area contributed by atoms with Crippen molar-refractivity contribution in [2.45, 2.75) is 30.6 Å². The Morgan fingerprint density at radius 1 is 1.35 bits per heavy atom. The molecule has 2 rings (SSSR count). The van der Waals surface area contributed by atoms with Gasteiger partial charge in [0, 0.05) is 16.0 Å². The first kappa shape index (κ1) is 13.3. The van der Waals surface area contributed by atoms with Gasteiger partial charge in [-0.25, -0.2) is 0 Å². The van der Waals surface area contributed by atoms with Crippen LogP contribution in [0.4, 0.5) is 0 Å². The highest BCUT2D eigenvalue weighted by Gasteiger charge is 2.32. The summed E-state index contributed by atoms with van der Waals surface area (Å²) in [6, 6.07) is 8.36. The van der Waals surface area contributed by atoms with Crippen molar-refractivity contribution in [1.82, 2.24) is 0 Å².